The molecule has 0 bridgehead atoms. The number of rotatable bonds is 4. The molecular formula is C13H13ClN4S. The van der Waals surface area contributed by atoms with Gasteiger partial charge in [-0.05, 0) is 18.6 Å². The third kappa shape index (κ3) is 2.35. The average Bonchev–Trinajstić information content (AvgIpc) is 3.03. The summed E-state index contributed by atoms with van der Waals surface area (Å²) in [5.74, 6) is 1.27. The summed E-state index contributed by atoms with van der Waals surface area (Å²) in [5.41, 5.74) is 2.98. The summed E-state index contributed by atoms with van der Waals surface area (Å²) in [6, 6.07) is 1.97. The second-order valence-electron chi connectivity index (χ2n) is 4.29. The molecule has 0 N–H and O–H groups in total. The lowest BCUT2D eigenvalue weighted by Gasteiger charge is -2.05. The van der Waals surface area contributed by atoms with Gasteiger partial charge in [0.05, 0.1) is 10.9 Å². The SMILES string of the molecule is Cc1ccnc2c1nc(CCl)n2CCc1nccs1. The van der Waals surface area contributed by atoms with Crippen LogP contribution in [-0.4, -0.2) is 19.5 Å². The molecule has 0 radical (unpaired) electrons. The van der Waals surface area contributed by atoms with E-state index >= 15 is 0 Å². The van der Waals surface area contributed by atoms with Crippen LogP contribution in [0.2, 0.25) is 0 Å². The zero-order valence-corrected chi connectivity index (χ0v) is 12.1. The number of alkyl halides is 1. The first kappa shape index (κ1) is 12.6. The Bertz CT molecular complexity index is 690. The van der Waals surface area contributed by atoms with Crippen LogP contribution in [-0.2, 0) is 18.8 Å². The van der Waals surface area contributed by atoms with Crippen molar-refractivity contribution in [2.75, 3.05) is 0 Å². The average molecular weight is 293 g/mol. The Morgan fingerprint density at radius 1 is 1.32 bits per heavy atom. The van der Waals surface area contributed by atoms with Crippen molar-refractivity contribution in [3.63, 3.8) is 0 Å². The highest BCUT2D eigenvalue weighted by atomic mass is 35.5. The predicted molar refractivity (Wildman–Crippen MR) is 77.6 cm³/mol. The number of fused-ring (bicyclic) bond motifs is 1. The molecule has 0 saturated carbocycles. The summed E-state index contributed by atoms with van der Waals surface area (Å²) in [4.78, 5) is 13.3. The zero-order chi connectivity index (χ0) is 13.2. The molecule has 0 aliphatic heterocycles. The molecule has 0 aromatic carbocycles. The second-order valence-corrected chi connectivity index (χ2v) is 5.54. The molecule has 0 amide bonds. The highest BCUT2D eigenvalue weighted by molar-refractivity contribution is 7.09. The fourth-order valence-corrected chi connectivity index (χ4v) is 2.92. The maximum atomic E-state index is 5.99. The number of aromatic nitrogens is 4. The van der Waals surface area contributed by atoms with Gasteiger partial charge in [0.1, 0.15) is 11.3 Å². The first-order valence-electron chi connectivity index (χ1n) is 6.04. The summed E-state index contributed by atoms with van der Waals surface area (Å²) < 4.78 is 2.09. The maximum Gasteiger partial charge on any atom is 0.160 e. The van der Waals surface area contributed by atoms with E-state index in [1.807, 2.05) is 30.8 Å². The van der Waals surface area contributed by atoms with Crippen molar-refractivity contribution in [3.05, 3.63) is 40.2 Å². The van der Waals surface area contributed by atoms with Crippen LogP contribution in [0.5, 0.6) is 0 Å². The van der Waals surface area contributed by atoms with E-state index < -0.39 is 0 Å². The van der Waals surface area contributed by atoms with Crippen LogP contribution in [0.3, 0.4) is 0 Å². The molecular weight excluding hydrogens is 280 g/mol. The Balaban J connectivity index is 1.99. The molecule has 0 spiro atoms. The molecule has 4 nitrogen and oxygen atoms in total. The van der Waals surface area contributed by atoms with Gasteiger partial charge in [-0.3, -0.25) is 0 Å². The van der Waals surface area contributed by atoms with Crippen molar-refractivity contribution >= 4 is 34.1 Å². The number of thiazole rings is 1. The van der Waals surface area contributed by atoms with Crippen molar-refractivity contribution in [3.8, 4) is 0 Å². The van der Waals surface area contributed by atoms with Gasteiger partial charge in [0.25, 0.3) is 0 Å². The first-order valence-corrected chi connectivity index (χ1v) is 7.46. The minimum Gasteiger partial charge on any atom is -0.311 e. The minimum atomic E-state index is 0.396. The number of aryl methyl sites for hydroxylation is 3. The van der Waals surface area contributed by atoms with E-state index in [0.29, 0.717) is 5.88 Å². The van der Waals surface area contributed by atoms with Gasteiger partial charge in [0, 0.05) is 30.7 Å². The fraction of sp³-hybridized carbons (Fsp3) is 0.308. The van der Waals surface area contributed by atoms with Crippen molar-refractivity contribution in [1.29, 1.82) is 0 Å². The molecule has 3 aromatic heterocycles. The Morgan fingerprint density at radius 2 is 2.21 bits per heavy atom. The van der Waals surface area contributed by atoms with Gasteiger partial charge in [0.2, 0.25) is 0 Å². The van der Waals surface area contributed by atoms with Gasteiger partial charge in [0.15, 0.2) is 5.65 Å². The zero-order valence-electron chi connectivity index (χ0n) is 10.5. The van der Waals surface area contributed by atoms with Gasteiger partial charge in [-0.25, -0.2) is 15.0 Å². The van der Waals surface area contributed by atoms with Crippen molar-refractivity contribution in [1.82, 2.24) is 19.5 Å². The van der Waals surface area contributed by atoms with E-state index in [0.717, 1.165) is 40.5 Å². The highest BCUT2D eigenvalue weighted by Crippen LogP contribution is 2.19. The minimum absolute atomic E-state index is 0.396. The molecule has 0 unspecified atom stereocenters. The van der Waals surface area contributed by atoms with Crippen LogP contribution in [0, 0.1) is 6.92 Å². The monoisotopic (exact) mass is 292 g/mol. The lowest BCUT2D eigenvalue weighted by atomic mass is 10.3. The number of hydrogen-bond donors (Lipinski definition) is 0. The Kier molecular flexibility index (Phi) is 3.48. The number of imidazole rings is 1. The largest absolute Gasteiger partial charge is 0.311 e. The summed E-state index contributed by atoms with van der Waals surface area (Å²) in [7, 11) is 0. The molecule has 0 aliphatic carbocycles. The lowest BCUT2D eigenvalue weighted by molar-refractivity contribution is 0.680. The molecule has 19 heavy (non-hydrogen) atoms. The summed E-state index contributed by atoms with van der Waals surface area (Å²) in [6.07, 6.45) is 4.52. The van der Waals surface area contributed by atoms with Crippen molar-refractivity contribution in [2.24, 2.45) is 0 Å². The molecule has 0 atom stereocenters. The van der Waals surface area contributed by atoms with E-state index in [4.69, 9.17) is 11.6 Å². The normalized spacial score (nSPS) is 11.3. The molecule has 3 heterocycles. The molecule has 0 saturated heterocycles. The predicted octanol–water partition coefficient (Wildman–Crippen LogP) is 3.18. The molecule has 6 heteroatoms. The van der Waals surface area contributed by atoms with Crippen LogP contribution in [0.1, 0.15) is 16.4 Å². The topological polar surface area (TPSA) is 43.6 Å². The van der Waals surface area contributed by atoms with Crippen LogP contribution >= 0.6 is 22.9 Å². The van der Waals surface area contributed by atoms with Gasteiger partial charge < -0.3 is 4.57 Å². The summed E-state index contributed by atoms with van der Waals surface area (Å²) in [6.45, 7) is 2.85. The van der Waals surface area contributed by atoms with E-state index in [1.54, 1.807) is 11.3 Å². The smallest absolute Gasteiger partial charge is 0.160 e. The number of halogens is 1. The molecule has 0 aliphatic rings. The lowest BCUT2D eigenvalue weighted by Crippen LogP contribution is -2.05. The van der Waals surface area contributed by atoms with Crippen LogP contribution in [0.4, 0.5) is 0 Å². The van der Waals surface area contributed by atoms with Crippen LogP contribution < -0.4 is 0 Å². The van der Waals surface area contributed by atoms with E-state index in [2.05, 4.69) is 19.5 Å². The maximum absolute atomic E-state index is 5.99. The summed E-state index contributed by atoms with van der Waals surface area (Å²) >= 11 is 7.66. The number of hydrogen-bond acceptors (Lipinski definition) is 4. The van der Waals surface area contributed by atoms with E-state index in [9.17, 15) is 0 Å². The Labute approximate surface area is 120 Å². The summed E-state index contributed by atoms with van der Waals surface area (Å²) in [5, 5.41) is 3.11. The molecule has 98 valence electrons. The second kappa shape index (κ2) is 5.27. The Morgan fingerprint density at radius 3 is 2.95 bits per heavy atom. The number of pyridine rings is 1. The van der Waals surface area contributed by atoms with Gasteiger partial charge in [-0.15, -0.1) is 22.9 Å². The van der Waals surface area contributed by atoms with Crippen LogP contribution in [0.25, 0.3) is 11.2 Å². The highest BCUT2D eigenvalue weighted by Gasteiger charge is 2.12. The first-order chi connectivity index (χ1) is 9.29. The van der Waals surface area contributed by atoms with E-state index in [-0.39, 0.29) is 0 Å². The van der Waals surface area contributed by atoms with Gasteiger partial charge >= 0.3 is 0 Å². The van der Waals surface area contributed by atoms with E-state index in [1.165, 1.54) is 0 Å². The fourth-order valence-electron chi connectivity index (χ4n) is 2.10. The van der Waals surface area contributed by atoms with Crippen molar-refractivity contribution < 1.29 is 0 Å². The number of nitrogens with zero attached hydrogens (tertiary/aromatic N) is 4. The van der Waals surface area contributed by atoms with Crippen LogP contribution in [0.15, 0.2) is 23.8 Å². The quantitative estimate of drug-likeness (QED) is 0.694. The third-order valence-corrected chi connectivity index (χ3v) is 4.15. The standard InChI is InChI=1S/C13H13ClN4S/c1-9-2-4-16-13-12(9)17-10(8-14)18(13)6-3-11-15-5-7-19-11/h2,4-5,7H,3,6,8H2,1H3. The van der Waals surface area contributed by atoms with Crippen molar-refractivity contribution in [2.45, 2.75) is 25.8 Å². The third-order valence-electron chi connectivity index (χ3n) is 3.07. The van der Waals surface area contributed by atoms with Gasteiger partial charge in [-0.1, -0.05) is 0 Å². The Hall–Kier alpha value is -1.46. The molecule has 3 rings (SSSR count). The molecule has 3 aromatic rings. The molecule has 0 fully saturated rings. The van der Waals surface area contributed by atoms with Gasteiger partial charge in [-0.2, -0.15) is 0 Å².